The third-order valence-electron chi connectivity index (χ3n) is 4.29. The number of rotatable bonds is 4. The van der Waals surface area contributed by atoms with Crippen LogP contribution in [0.5, 0.6) is 0 Å². The molecular weight excluding hydrogens is 286 g/mol. The predicted octanol–water partition coefficient (Wildman–Crippen LogP) is 2.99. The molecule has 1 saturated carbocycles. The van der Waals surface area contributed by atoms with Crippen molar-refractivity contribution in [3.63, 3.8) is 0 Å². The van der Waals surface area contributed by atoms with E-state index >= 15 is 0 Å². The van der Waals surface area contributed by atoms with E-state index in [1.807, 2.05) is 0 Å². The molecule has 3 atom stereocenters. The summed E-state index contributed by atoms with van der Waals surface area (Å²) in [6.45, 7) is 5.73. The van der Waals surface area contributed by atoms with E-state index in [9.17, 15) is 13.2 Å². The van der Waals surface area contributed by atoms with Crippen LogP contribution in [-0.4, -0.2) is 20.2 Å². The highest BCUT2D eigenvalue weighted by atomic mass is 32.2. The maximum Gasteiger partial charge on any atom is 0.240 e. The van der Waals surface area contributed by atoms with Gasteiger partial charge in [-0.25, -0.2) is 13.1 Å². The summed E-state index contributed by atoms with van der Waals surface area (Å²) in [6, 6.07) is 6.20. The van der Waals surface area contributed by atoms with Crippen molar-refractivity contribution in [3.8, 4) is 0 Å². The Hall–Kier alpha value is -1.20. The zero-order chi connectivity index (χ0) is 15.6. The van der Waals surface area contributed by atoms with Gasteiger partial charge in [0.15, 0.2) is 5.78 Å². The maximum atomic E-state index is 12.5. The van der Waals surface area contributed by atoms with Crippen molar-refractivity contribution in [2.24, 2.45) is 11.8 Å². The minimum Gasteiger partial charge on any atom is -0.295 e. The number of benzene rings is 1. The minimum absolute atomic E-state index is 0.0211. The van der Waals surface area contributed by atoms with Crippen molar-refractivity contribution in [1.29, 1.82) is 0 Å². The van der Waals surface area contributed by atoms with E-state index in [0.29, 0.717) is 17.4 Å². The molecule has 0 aromatic heterocycles. The van der Waals surface area contributed by atoms with Gasteiger partial charge in [0.05, 0.1) is 4.90 Å². The molecule has 0 radical (unpaired) electrons. The van der Waals surface area contributed by atoms with Crippen molar-refractivity contribution >= 4 is 15.8 Å². The lowest BCUT2D eigenvalue weighted by Crippen LogP contribution is -2.42. The summed E-state index contributed by atoms with van der Waals surface area (Å²) in [5.74, 6) is 0.855. The number of nitrogens with one attached hydrogen (secondary N) is 1. The number of Topliss-reactive ketones (excluding diaryl/α,β-unsaturated/α-hetero) is 1. The van der Waals surface area contributed by atoms with Gasteiger partial charge in [0, 0.05) is 11.6 Å². The number of carbonyl (C=O) groups is 1. The van der Waals surface area contributed by atoms with Gasteiger partial charge in [-0.2, -0.15) is 0 Å². The van der Waals surface area contributed by atoms with Crippen molar-refractivity contribution in [2.45, 2.75) is 51.0 Å². The first-order valence-corrected chi connectivity index (χ1v) is 8.91. The molecule has 5 heteroatoms. The van der Waals surface area contributed by atoms with Crippen LogP contribution in [0.25, 0.3) is 0 Å². The Kier molecular flexibility index (Phi) is 4.84. The molecule has 1 N–H and O–H groups in total. The number of carbonyl (C=O) groups excluding carboxylic acids is 1. The molecule has 0 heterocycles. The van der Waals surface area contributed by atoms with Gasteiger partial charge in [-0.15, -0.1) is 0 Å². The van der Waals surface area contributed by atoms with Crippen LogP contribution in [0.2, 0.25) is 0 Å². The van der Waals surface area contributed by atoms with Gasteiger partial charge in [-0.05, 0) is 50.2 Å². The van der Waals surface area contributed by atoms with Gasteiger partial charge in [0.2, 0.25) is 10.0 Å². The largest absolute Gasteiger partial charge is 0.295 e. The molecule has 2 rings (SSSR count). The molecule has 0 aliphatic heterocycles. The lowest BCUT2D eigenvalue weighted by atomic mass is 9.80. The van der Waals surface area contributed by atoms with Gasteiger partial charge in [-0.1, -0.05) is 26.0 Å². The first-order chi connectivity index (χ1) is 9.79. The van der Waals surface area contributed by atoms with E-state index in [0.717, 1.165) is 19.3 Å². The lowest BCUT2D eigenvalue weighted by molar-refractivity contribution is 0.101. The van der Waals surface area contributed by atoms with Crippen molar-refractivity contribution < 1.29 is 13.2 Å². The molecule has 0 amide bonds. The first-order valence-electron chi connectivity index (χ1n) is 7.43. The number of hydrogen-bond donors (Lipinski definition) is 1. The molecular formula is C16H23NO3S. The minimum atomic E-state index is -3.57. The summed E-state index contributed by atoms with van der Waals surface area (Å²) in [5.41, 5.74) is 0.420. The van der Waals surface area contributed by atoms with E-state index in [-0.39, 0.29) is 16.7 Å². The number of sulfonamides is 1. The van der Waals surface area contributed by atoms with Crippen LogP contribution < -0.4 is 4.72 Å². The van der Waals surface area contributed by atoms with Crippen LogP contribution in [-0.2, 0) is 10.0 Å². The quantitative estimate of drug-likeness (QED) is 0.870. The topological polar surface area (TPSA) is 63.2 Å². The van der Waals surface area contributed by atoms with Crippen LogP contribution in [0, 0.1) is 11.8 Å². The van der Waals surface area contributed by atoms with Crippen LogP contribution in [0.4, 0.5) is 0 Å². The standard InChI is InChI=1S/C16H23NO3S/c1-11-7-8-16(12(2)9-11)17-21(19,20)15-6-4-5-14(10-15)13(3)18/h4-6,10-12,16-17H,7-9H2,1-3H3. The second-order valence-electron chi connectivity index (χ2n) is 6.21. The second-order valence-corrected chi connectivity index (χ2v) is 7.92. The van der Waals surface area contributed by atoms with E-state index in [1.165, 1.54) is 19.1 Å². The van der Waals surface area contributed by atoms with Crippen LogP contribution >= 0.6 is 0 Å². The molecule has 1 aliphatic carbocycles. The Morgan fingerprint density at radius 3 is 2.57 bits per heavy atom. The fourth-order valence-corrected chi connectivity index (χ4v) is 4.41. The van der Waals surface area contributed by atoms with Gasteiger partial charge >= 0.3 is 0 Å². The van der Waals surface area contributed by atoms with Crippen molar-refractivity contribution in [2.75, 3.05) is 0 Å². The summed E-state index contributed by atoms with van der Waals surface area (Å²) in [6.07, 6.45) is 2.96. The fraction of sp³-hybridized carbons (Fsp3) is 0.562. The van der Waals surface area contributed by atoms with E-state index < -0.39 is 10.0 Å². The average molecular weight is 309 g/mol. The Bertz CT molecular complexity index is 624. The molecule has 0 spiro atoms. The molecule has 4 nitrogen and oxygen atoms in total. The summed E-state index contributed by atoms with van der Waals surface area (Å²) in [5, 5.41) is 0. The van der Waals surface area contributed by atoms with E-state index in [2.05, 4.69) is 18.6 Å². The summed E-state index contributed by atoms with van der Waals surface area (Å²) < 4.78 is 27.8. The highest BCUT2D eigenvalue weighted by Crippen LogP contribution is 2.29. The molecule has 1 aromatic carbocycles. The normalized spacial score (nSPS) is 26.5. The summed E-state index contributed by atoms with van der Waals surface area (Å²) in [7, 11) is -3.57. The van der Waals surface area contributed by atoms with Crippen LogP contribution in [0.1, 0.15) is 50.4 Å². The Morgan fingerprint density at radius 1 is 1.24 bits per heavy atom. The molecule has 0 bridgehead atoms. The zero-order valence-corrected chi connectivity index (χ0v) is 13.6. The lowest BCUT2D eigenvalue weighted by Gasteiger charge is -2.32. The van der Waals surface area contributed by atoms with E-state index in [4.69, 9.17) is 0 Å². The van der Waals surface area contributed by atoms with Gasteiger partial charge in [0.1, 0.15) is 0 Å². The van der Waals surface area contributed by atoms with Crippen LogP contribution in [0.15, 0.2) is 29.2 Å². The third-order valence-corrected chi connectivity index (χ3v) is 5.78. The van der Waals surface area contributed by atoms with Gasteiger partial charge in [0.25, 0.3) is 0 Å². The van der Waals surface area contributed by atoms with Crippen molar-refractivity contribution in [1.82, 2.24) is 4.72 Å². The molecule has 1 fully saturated rings. The third kappa shape index (κ3) is 3.92. The van der Waals surface area contributed by atoms with Gasteiger partial charge < -0.3 is 0 Å². The Labute approximate surface area is 127 Å². The molecule has 1 aliphatic rings. The molecule has 1 aromatic rings. The molecule has 21 heavy (non-hydrogen) atoms. The monoisotopic (exact) mass is 309 g/mol. The first kappa shape index (κ1) is 16.2. The predicted molar refractivity (Wildman–Crippen MR) is 82.7 cm³/mol. The second kappa shape index (κ2) is 6.28. The van der Waals surface area contributed by atoms with Gasteiger partial charge in [-0.3, -0.25) is 4.79 Å². The molecule has 0 saturated heterocycles. The average Bonchev–Trinajstić information content (AvgIpc) is 2.42. The summed E-state index contributed by atoms with van der Waals surface area (Å²) in [4.78, 5) is 11.6. The summed E-state index contributed by atoms with van der Waals surface area (Å²) >= 11 is 0. The van der Waals surface area contributed by atoms with Crippen LogP contribution in [0.3, 0.4) is 0 Å². The van der Waals surface area contributed by atoms with Crippen molar-refractivity contribution in [3.05, 3.63) is 29.8 Å². The Morgan fingerprint density at radius 2 is 1.95 bits per heavy atom. The van der Waals surface area contributed by atoms with E-state index in [1.54, 1.807) is 12.1 Å². The molecule has 3 unspecified atom stereocenters. The SMILES string of the molecule is CC(=O)c1cccc(S(=O)(=O)NC2CCC(C)CC2C)c1. The number of ketones is 1. The Balaban J connectivity index is 2.18. The number of hydrogen-bond acceptors (Lipinski definition) is 3. The molecule has 116 valence electrons. The fourth-order valence-electron chi connectivity index (χ4n) is 2.99. The zero-order valence-electron chi connectivity index (χ0n) is 12.8. The highest BCUT2D eigenvalue weighted by molar-refractivity contribution is 7.89. The smallest absolute Gasteiger partial charge is 0.240 e. The maximum absolute atomic E-state index is 12.5. The highest BCUT2D eigenvalue weighted by Gasteiger charge is 2.29.